The number of nitrogens with one attached hydrogen (secondary N) is 1. The number of carboxylic acid groups (broad SMARTS) is 1. The Hall–Kier alpha value is -2.48. The van der Waals surface area contributed by atoms with Crippen LogP contribution in [-0.4, -0.2) is 19.5 Å². The largest absolute Gasteiger partial charge is 0.478 e. The van der Waals surface area contributed by atoms with E-state index >= 15 is 0 Å². The van der Waals surface area contributed by atoms with Gasteiger partial charge in [-0.1, -0.05) is 6.07 Å². The van der Waals surface area contributed by atoms with E-state index in [9.17, 15) is 22.0 Å². The first-order valence-electron chi connectivity index (χ1n) is 6.02. The minimum absolute atomic E-state index is 0.0460. The molecule has 0 aliphatic carbocycles. The van der Waals surface area contributed by atoms with Crippen LogP contribution in [0.3, 0.4) is 0 Å². The first kappa shape index (κ1) is 15.9. The molecule has 2 aromatic rings. The van der Waals surface area contributed by atoms with Crippen LogP contribution >= 0.6 is 0 Å². The van der Waals surface area contributed by atoms with Gasteiger partial charge in [0.05, 0.1) is 16.1 Å². The lowest BCUT2D eigenvalue weighted by Gasteiger charge is -2.11. The van der Waals surface area contributed by atoms with Crippen molar-refractivity contribution in [2.45, 2.75) is 11.8 Å². The number of carbonyl (C=O) groups is 1. The summed E-state index contributed by atoms with van der Waals surface area (Å²) < 4.78 is 52.5. The Bertz CT molecular complexity index is 850. The van der Waals surface area contributed by atoms with Gasteiger partial charge in [0, 0.05) is 0 Å². The van der Waals surface area contributed by atoms with E-state index < -0.39 is 32.5 Å². The number of carboxylic acids is 1. The van der Waals surface area contributed by atoms with Gasteiger partial charge < -0.3 is 5.11 Å². The molecule has 0 heterocycles. The number of halogens is 2. The molecule has 5 nitrogen and oxygen atoms in total. The molecule has 0 bridgehead atoms. The summed E-state index contributed by atoms with van der Waals surface area (Å²) in [6, 6.07) is 6.07. The summed E-state index contributed by atoms with van der Waals surface area (Å²) in [6.07, 6.45) is 0. The van der Waals surface area contributed by atoms with Gasteiger partial charge in [0.1, 0.15) is 0 Å². The highest BCUT2D eigenvalue weighted by Crippen LogP contribution is 2.22. The van der Waals surface area contributed by atoms with Crippen LogP contribution < -0.4 is 4.72 Å². The fourth-order valence-corrected chi connectivity index (χ4v) is 2.85. The Morgan fingerprint density at radius 2 is 1.77 bits per heavy atom. The van der Waals surface area contributed by atoms with Crippen molar-refractivity contribution in [3.05, 3.63) is 59.2 Å². The molecule has 0 atom stereocenters. The highest BCUT2D eigenvalue weighted by Gasteiger charge is 2.18. The van der Waals surface area contributed by atoms with E-state index in [2.05, 4.69) is 4.72 Å². The summed E-state index contributed by atoms with van der Waals surface area (Å²) in [6.45, 7) is 1.58. The maximum atomic E-state index is 13.2. The van der Waals surface area contributed by atoms with E-state index in [0.29, 0.717) is 17.7 Å². The molecule has 2 aromatic carbocycles. The van der Waals surface area contributed by atoms with Crippen LogP contribution in [0.2, 0.25) is 0 Å². The molecule has 8 heteroatoms. The second-order valence-electron chi connectivity index (χ2n) is 4.52. The highest BCUT2D eigenvalue weighted by molar-refractivity contribution is 7.92. The summed E-state index contributed by atoms with van der Waals surface area (Å²) in [5, 5.41) is 8.91. The minimum atomic E-state index is -4.17. The molecular formula is C14H11F2NO4S. The number of hydrogen-bond donors (Lipinski definition) is 2. The Morgan fingerprint density at radius 1 is 1.09 bits per heavy atom. The third-order valence-corrected chi connectivity index (χ3v) is 4.29. The number of aryl methyl sites for hydroxylation is 1. The molecular weight excluding hydrogens is 316 g/mol. The van der Waals surface area contributed by atoms with Crippen LogP contribution in [0.1, 0.15) is 15.9 Å². The lowest BCUT2D eigenvalue weighted by Crippen LogP contribution is -2.15. The topological polar surface area (TPSA) is 83.5 Å². The number of aromatic carboxylic acids is 1. The van der Waals surface area contributed by atoms with Crippen molar-refractivity contribution < 1.29 is 27.1 Å². The summed E-state index contributed by atoms with van der Waals surface area (Å²) >= 11 is 0. The summed E-state index contributed by atoms with van der Waals surface area (Å²) in [5.41, 5.74) is 0.425. The number of sulfonamides is 1. The van der Waals surface area contributed by atoms with E-state index in [1.165, 1.54) is 12.1 Å². The zero-order valence-corrected chi connectivity index (χ0v) is 12.1. The molecule has 22 heavy (non-hydrogen) atoms. The molecule has 0 saturated heterocycles. The van der Waals surface area contributed by atoms with Gasteiger partial charge in [-0.2, -0.15) is 0 Å². The standard InChI is InChI=1S/C14H11F2NO4S/c1-8-2-3-9(14(18)19)6-13(8)17-22(20,21)10-4-5-11(15)12(16)7-10/h2-7,17H,1H3,(H,18,19). The predicted octanol–water partition coefficient (Wildman–Crippen LogP) is 2.77. The third kappa shape index (κ3) is 3.22. The molecule has 0 spiro atoms. The van der Waals surface area contributed by atoms with Crippen molar-refractivity contribution in [2.75, 3.05) is 4.72 Å². The van der Waals surface area contributed by atoms with Crippen LogP contribution in [-0.2, 0) is 10.0 Å². The predicted molar refractivity (Wildman–Crippen MR) is 75.3 cm³/mol. The summed E-state index contributed by atoms with van der Waals surface area (Å²) in [5.74, 6) is -3.67. The molecule has 2 N–H and O–H groups in total. The van der Waals surface area contributed by atoms with Gasteiger partial charge in [0.25, 0.3) is 10.0 Å². The van der Waals surface area contributed by atoms with Gasteiger partial charge in [-0.25, -0.2) is 22.0 Å². The van der Waals surface area contributed by atoms with Crippen LogP contribution in [0, 0.1) is 18.6 Å². The summed E-state index contributed by atoms with van der Waals surface area (Å²) in [4.78, 5) is 10.4. The van der Waals surface area contributed by atoms with Crippen molar-refractivity contribution >= 4 is 21.7 Å². The number of rotatable bonds is 4. The second kappa shape index (κ2) is 5.72. The van der Waals surface area contributed by atoms with Gasteiger partial charge in [-0.15, -0.1) is 0 Å². The smallest absolute Gasteiger partial charge is 0.335 e. The molecule has 0 fully saturated rings. The van der Waals surface area contributed by atoms with Gasteiger partial charge in [0.2, 0.25) is 0 Å². The average molecular weight is 327 g/mol. The van der Waals surface area contributed by atoms with Gasteiger partial charge >= 0.3 is 5.97 Å². The Morgan fingerprint density at radius 3 is 2.36 bits per heavy atom. The number of anilines is 1. The lowest BCUT2D eigenvalue weighted by molar-refractivity contribution is 0.0697. The molecule has 0 aromatic heterocycles. The Kier molecular flexibility index (Phi) is 4.14. The molecule has 2 rings (SSSR count). The lowest BCUT2D eigenvalue weighted by atomic mass is 10.1. The zero-order chi connectivity index (χ0) is 16.5. The Balaban J connectivity index is 2.42. The first-order valence-corrected chi connectivity index (χ1v) is 7.51. The van der Waals surface area contributed by atoms with Crippen LogP contribution in [0.25, 0.3) is 0 Å². The van der Waals surface area contributed by atoms with E-state index in [4.69, 9.17) is 5.11 Å². The first-order chi connectivity index (χ1) is 10.2. The molecule has 0 saturated carbocycles. The number of benzene rings is 2. The molecule has 0 amide bonds. The van der Waals surface area contributed by atoms with E-state index in [1.807, 2.05) is 0 Å². The Labute approximate surface area is 125 Å². The van der Waals surface area contributed by atoms with Crippen LogP contribution in [0.5, 0.6) is 0 Å². The van der Waals surface area contributed by atoms with Crippen molar-refractivity contribution in [2.24, 2.45) is 0 Å². The van der Waals surface area contributed by atoms with Gasteiger partial charge in [0.15, 0.2) is 11.6 Å². The normalized spacial score (nSPS) is 11.2. The van der Waals surface area contributed by atoms with E-state index in [-0.39, 0.29) is 11.3 Å². The average Bonchev–Trinajstić information content (AvgIpc) is 2.43. The monoisotopic (exact) mass is 327 g/mol. The maximum absolute atomic E-state index is 13.2. The molecule has 0 aliphatic rings. The molecule has 0 unspecified atom stereocenters. The van der Waals surface area contributed by atoms with E-state index in [1.54, 1.807) is 6.92 Å². The molecule has 116 valence electrons. The van der Waals surface area contributed by atoms with E-state index in [0.717, 1.165) is 12.1 Å². The second-order valence-corrected chi connectivity index (χ2v) is 6.20. The molecule has 0 radical (unpaired) electrons. The van der Waals surface area contributed by atoms with Crippen molar-refractivity contribution in [3.63, 3.8) is 0 Å². The van der Waals surface area contributed by atoms with Crippen molar-refractivity contribution in [3.8, 4) is 0 Å². The van der Waals surface area contributed by atoms with Crippen LogP contribution in [0.4, 0.5) is 14.5 Å². The number of hydrogen-bond acceptors (Lipinski definition) is 3. The third-order valence-electron chi connectivity index (χ3n) is 2.93. The zero-order valence-electron chi connectivity index (χ0n) is 11.3. The summed E-state index contributed by atoms with van der Waals surface area (Å²) in [7, 11) is -4.17. The maximum Gasteiger partial charge on any atom is 0.335 e. The van der Waals surface area contributed by atoms with Gasteiger partial charge in [-0.05, 0) is 42.8 Å². The van der Waals surface area contributed by atoms with Crippen molar-refractivity contribution in [1.82, 2.24) is 0 Å². The SMILES string of the molecule is Cc1ccc(C(=O)O)cc1NS(=O)(=O)c1ccc(F)c(F)c1. The fourth-order valence-electron chi connectivity index (χ4n) is 1.71. The van der Waals surface area contributed by atoms with Gasteiger partial charge in [-0.3, -0.25) is 4.72 Å². The minimum Gasteiger partial charge on any atom is -0.478 e. The quantitative estimate of drug-likeness (QED) is 0.904. The molecule has 0 aliphatic heterocycles. The van der Waals surface area contributed by atoms with Crippen LogP contribution in [0.15, 0.2) is 41.3 Å². The fraction of sp³-hybridized carbons (Fsp3) is 0.0714. The highest BCUT2D eigenvalue weighted by atomic mass is 32.2. The van der Waals surface area contributed by atoms with Crippen molar-refractivity contribution in [1.29, 1.82) is 0 Å².